The first-order chi connectivity index (χ1) is 12.8. The summed E-state index contributed by atoms with van der Waals surface area (Å²) in [5, 5.41) is 0. The molecule has 0 radical (unpaired) electrons. The molecule has 3 aromatic rings. The van der Waals surface area contributed by atoms with E-state index >= 15 is 0 Å². The lowest BCUT2D eigenvalue weighted by molar-refractivity contribution is 1.50. The van der Waals surface area contributed by atoms with Crippen LogP contribution in [-0.2, 0) is 0 Å². The highest BCUT2D eigenvalue weighted by molar-refractivity contribution is 5.86. The van der Waals surface area contributed by atoms with Gasteiger partial charge in [0.1, 0.15) is 0 Å². The van der Waals surface area contributed by atoms with E-state index in [1.807, 2.05) is 85.2 Å². The van der Waals surface area contributed by atoms with Crippen LogP contribution in [-0.4, -0.2) is 12.4 Å². The first-order valence-corrected chi connectivity index (χ1v) is 8.08. The molecule has 0 atom stereocenters. The summed E-state index contributed by atoms with van der Waals surface area (Å²) in [7, 11) is 0. The average Bonchev–Trinajstić information content (AvgIpc) is 2.72. The molecule has 0 bridgehead atoms. The highest BCUT2D eigenvalue weighted by Gasteiger charge is 1.93. The van der Waals surface area contributed by atoms with Crippen molar-refractivity contribution in [1.29, 1.82) is 0 Å². The summed E-state index contributed by atoms with van der Waals surface area (Å²) in [6.45, 7) is 0. The van der Waals surface area contributed by atoms with E-state index in [-0.39, 0.29) is 0 Å². The molecule has 3 aromatic carbocycles. The van der Waals surface area contributed by atoms with Gasteiger partial charge in [0.15, 0.2) is 0 Å². The normalized spacial score (nSPS) is 10.7. The molecule has 0 aliphatic carbocycles. The molecule has 0 fully saturated rings. The van der Waals surface area contributed by atoms with Crippen LogP contribution in [0.15, 0.2) is 82.8 Å². The van der Waals surface area contributed by atoms with Crippen molar-refractivity contribution in [2.24, 2.45) is 9.98 Å². The Bertz CT molecular complexity index is 922. The summed E-state index contributed by atoms with van der Waals surface area (Å²) in [4.78, 5) is 8.90. The first kappa shape index (κ1) is 17.0. The number of terminal acetylenes is 2. The molecule has 0 amide bonds. The first-order valence-electron chi connectivity index (χ1n) is 8.08. The van der Waals surface area contributed by atoms with Gasteiger partial charge >= 0.3 is 0 Å². The fourth-order valence-corrected chi connectivity index (χ4v) is 2.25. The van der Waals surface area contributed by atoms with Gasteiger partial charge in [-0.25, -0.2) is 0 Å². The van der Waals surface area contributed by atoms with E-state index in [0.29, 0.717) is 0 Å². The van der Waals surface area contributed by atoms with E-state index in [0.717, 1.165) is 33.6 Å². The molecule has 0 unspecified atom stereocenters. The minimum Gasteiger partial charge on any atom is -0.256 e. The molecule has 3 rings (SSSR count). The van der Waals surface area contributed by atoms with Gasteiger partial charge in [0, 0.05) is 23.6 Å². The maximum absolute atomic E-state index is 5.35. The lowest BCUT2D eigenvalue weighted by atomic mass is 10.1. The molecule has 0 spiro atoms. The van der Waals surface area contributed by atoms with Crippen molar-refractivity contribution in [3.63, 3.8) is 0 Å². The van der Waals surface area contributed by atoms with Crippen LogP contribution in [0.3, 0.4) is 0 Å². The van der Waals surface area contributed by atoms with Gasteiger partial charge < -0.3 is 0 Å². The minimum absolute atomic E-state index is 0.849. The van der Waals surface area contributed by atoms with Crippen molar-refractivity contribution < 1.29 is 0 Å². The number of rotatable bonds is 4. The van der Waals surface area contributed by atoms with Crippen LogP contribution >= 0.6 is 0 Å². The number of nitrogens with zero attached hydrogens (tertiary/aromatic N) is 2. The summed E-state index contributed by atoms with van der Waals surface area (Å²) in [5.41, 5.74) is 5.46. The smallest absolute Gasteiger partial charge is 0.0630 e. The van der Waals surface area contributed by atoms with Gasteiger partial charge in [0.05, 0.1) is 11.4 Å². The third-order valence-corrected chi connectivity index (χ3v) is 3.73. The quantitative estimate of drug-likeness (QED) is 0.466. The van der Waals surface area contributed by atoms with Crippen LogP contribution in [0.4, 0.5) is 11.4 Å². The second kappa shape index (κ2) is 8.29. The minimum atomic E-state index is 0.849. The number of aliphatic imine (C=N–C) groups is 2. The lowest BCUT2D eigenvalue weighted by Crippen LogP contribution is -1.84. The van der Waals surface area contributed by atoms with Crippen LogP contribution in [0.2, 0.25) is 0 Å². The summed E-state index contributed by atoms with van der Waals surface area (Å²) in [6, 6.07) is 23.1. The predicted octanol–water partition coefficient (Wildman–Crippen LogP) is 5.15. The Morgan fingerprint density at radius 3 is 1.19 bits per heavy atom. The van der Waals surface area contributed by atoms with Crippen molar-refractivity contribution in [3.8, 4) is 24.7 Å². The molecule has 2 heteroatoms. The standard InChI is InChI=1S/C24H16N2/c1-3-19-9-13-23(14-10-19)25-17-21-5-7-22(8-6-21)18-26-24-15-11-20(4-2)12-16-24/h1-2,5-18H. The molecule has 122 valence electrons. The topological polar surface area (TPSA) is 24.7 Å². The van der Waals surface area contributed by atoms with Gasteiger partial charge in [-0.15, -0.1) is 12.8 Å². The number of benzene rings is 3. The average molecular weight is 332 g/mol. The van der Waals surface area contributed by atoms with E-state index < -0.39 is 0 Å². The van der Waals surface area contributed by atoms with Gasteiger partial charge in [0.25, 0.3) is 0 Å². The molecule has 0 aliphatic heterocycles. The Morgan fingerprint density at radius 1 is 0.538 bits per heavy atom. The number of hydrogen-bond acceptors (Lipinski definition) is 2. The van der Waals surface area contributed by atoms with Gasteiger partial charge in [-0.2, -0.15) is 0 Å². The Morgan fingerprint density at radius 2 is 0.885 bits per heavy atom. The Kier molecular flexibility index (Phi) is 5.41. The van der Waals surface area contributed by atoms with Gasteiger partial charge in [-0.3, -0.25) is 9.98 Å². The summed E-state index contributed by atoms with van der Waals surface area (Å²) >= 11 is 0. The molecule has 0 aromatic heterocycles. The van der Waals surface area contributed by atoms with E-state index in [2.05, 4.69) is 21.8 Å². The zero-order chi connectivity index (χ0) is 18.2. The zero-order valence-corrected chi connectivity index (χ0v) is 14.1. The van der Waals surface area contributed by atoms with E-state index in [4.69, 9.17) is 12.8 Å². The highest BCUT2D eigenvalue weighted by atomic mass is 14.7. The summed E-state index contributed by atoms with van der Waals surface area (Å²) < 4.78 is 0. The van der Waals surface area contributed by atoms with Crippen molar-refractivity contribution in [2.45, 2.75) is 0 Å². The molecule has 26 heavy (non-hydrogen) atoms. The van der Waals surface area contributed by atoms with Crippen molar-refractivity contribution in [3.05, 3.63) is 95.1 Å². The highest BCUT2D eigenvalue weighted by Crippen LogP contribution is 2.14. The van der Waals surface area contributed by atoms with Crippen molar-refractivity contribution >= 4 is 23.8 Å². The SMILES string of the molecule is C#Cc1ccc(N=Cc2ccc(C=Nc3ccc(C#C)cc3)cc2)cc1. The monoisotopic (exact) mass is 332 g/mol. The fourth-order valence-electron chi connectivity index (χ4n) is 2.25. The maximum atomic E-state index is 5.35. The maximum Gasteiger partial charge on any atom is 0.0630 e. The molecule has 0 N–H and O–H groups in total. The van der Waals surface area contributed by atoms with Crippen molar-refractivity contribution in [2.75, 3.05) is 0 Å². The Labute approximate surface area is 154 Å². The Balaban J connectivity index is 1.65. The largest absolute Gasteiger partial charge is 0.256 e. The van der Waals surface area contributed by atoms with Crippen LogP contribution < -0.4 is 0 Å². The van der Waals surface area contributed by atoms with Crippen LogP contribution in [0, 0.1) is 24.7 Å². The van der Waals surface area contributed by atoms with E-state index in [9.17, 15) is 0 Å². The molecule has 0 aliphatic rings. The van der Waals surface area contributed by atoms with Gasteiger partial charge in [-0.05, 0) is 59.7 Å². The molecule has 0 saturated heterocycles. The van der Waals surface area contributed by atoms with Crippen LogP contribution in [0.5, 0.6) is 0 Å². The van der Waals surface area contributed by atoms with Gasteiger partial charge in [0.2, 0.25) is 0 Å². The van der Waals surface area contributed by atoms with Crippen molar-refractivity contribution in [1.82, 2.24) is 0 Å². The Hall–Kier alpha value is -3.88. The second-order valence-corrected chi connectivity index (χ2v) is 5.57. The summed E-state index contributed by atoms with van der Waals surface area (Å²) in [5.74, 6) is 5.18. The summed E-state index contributed by atoms with van der Waals surface area (Å²) in [6.07, 6.45) is 14.3. The predicted molar refractivity (Wildman–Crippen MR) is 110 cm³/mol. The second-order valence-electron chi connectivity index (χ2n) is 5.57. The molecule has 0 saturated carbocycles. The molecular weight excluding hydrogens is 316 g/mol. The van der Waals surface area contributed by atoms with Crippen LogP contribution in [0.1, 0.15) is 22.3 Å². The molecular formula is C24H16N2. The van der Waals surface area contributed by atoms with Crippen LogP contribution in [0.25, 0.3) is 0 Å². The van der Waals surface area contributed by atoms with Gasteiger partial charge in [-0.1, -0.05) is 36.1 Å². The zero-order valence-electron chi connectivity index (χ0n) is 14.1. The number of hydrogen-bond donors (Lipinski definition) is 0. The third-order valence-electron chi connectivity index (χ3n) is 3.73. The molecule has 0 heterocycles. The lowest BCUT2D eigenvalue weighted by Gasteiger charge is -1.98. The third kappa shape index (κ3) is 4.57. The van der Waals surface area contributed by atoms with E-state index in [1.165, 1.54) is 0 Å². The fraction of sp³-hybridized carbons (Fsp3) is 0. The van der Waals surface area contributed by atoms with E-state index in [1.54, 1.807) is 0 Å². The molecule has 2 nitrogen and oxygen atoms in total.